The zero-order chi connectivity index (χ0) is 38.8. The van der Waals surface area contributed by atoms with Gasteiger partial charge in [-0.3, -0.25) is 0 Å². The largest absolute Gasteiger partial charge is 0.0616 e. The minimum absolute atomic E-state index is 1.25. The van der Waals surface area contributed by atoms with Gasteiger partial charge in [-0.05, 0) is 165 Å². The molecule has 0 heteroatoms. The molecule has 0 nitrogen and oxygen atoms in total. The summed E-state index contributed by atoms with van der Waals surface area (Å²) in [6.07, 6.45) is 0. The second-order valence-corrected chi connectivity index (χ2v) is 17.0. The molecule has 0 heterocycles. The van der Waals surface area contributed by atoms with Crippen LogP contribution in [0.15, 0.2) is 194 Å². The zero-order valence-corrected chi connectivity index (χ0v) is 32.5. The van der Waals surface area contributed by atoms with Crippen molar-refractivity contribution < 1.29 is 0 Å². The lowest BCUT2D eigenvalue weighted by molar-refractivity contribution is 1.69. The summed E-state index contributed by atoms with van der Waals surface area (Å²) in [7, 11) is 0. The van der Waals surface area contributed by atoms with E-state index in [9.17, 15) is 0 Å². The Hall–Kier alpha value is -7.80. The number of hydrogen-bond donors (Lipinski definition) is 0. The van der Waals surface area contributed by atoms with Gasteiger partial charge in [0.25, 0.3) is 0 Å². The van der Waals surface area contributed by atoms with Crippen LogP contribution < -0.4 is 0 Å². The maximum Gasteiger partial charge on any atom is -0.000718 e. The highest BCUT2D eigenvalue weighted by Gasteiger charge is 2.29. The normalized spacial score (nSPS) is 12.7. The first-order valence-corrected chi connectivity index (χ1v) is 21.1. The molecule has 13 aromatic rings. The summed E-state index contributed by atoms with van der Waals surface area (Å²) < 4.78 is 0. The molecule has 0 saturated carbocycles. The van der Waals surface area contributed by atoms with E-state index in [1.807, 2.05) is 0 Å². The summed E-state index contributed by atoms with van der Waals surface area (Å²) in [5, 5.41) is 20.9. The Morgan fingerprint density at radius 1 is 0.167 bits per heavy atom. The average molecular weight is 753 g/mol. The van der Waals surface area contributed by atoms with Crippen molar-refractivity contribution in [2.75, 3.05) is 0 Å². The van der Waals surface area contributed by atoms with E-state index < -0.39 is 0 Å². The molecule has 0 N–H and O–H groups in total. The summed E-state index contributed by atoms with van der Waals surface area (Å²) in [6.45, 7) is 0. The maximum atomic E-state index is 2.50. The highest BCUT2D eigenvalue weighted by atomic mass is 14.3. The molecule has 0 aliphatic heterocycles. The lowest BCUT2D eigenvalue weighted by Gasteiger charge is -2.24. The molecule has 0 radical (unpaired) electrons. The van der Waals surface area contributed by atoms with E-state index in [0.29, 0.717) is 0 Å². The topological polar surface area (TPSA) is 0 Å². The second kappa shape index (κ2) is 11.0. The zero-order valence-electron chi connectivity index (χ0n) is 32.5. The van der Waals surface area contributed by atoms with Gasteiger partial charge in [-0.2, -0.15) is 0 Å². The van der Waals surface area contributed by atoms with Gasteiger partial charge >= 0.3 is 0 Å². The predicted octanol–water partition coefficient (Wildman–Crippen LogP) is 17.0. The van der Waals surface area contributed by atoms with Crippen molar-refractivity contribution in [1.82, 2.24) is 0 Å². The molecule has 0 spiro atoms. The smallest absolute Gasteiger partial charge is 0.000718 e. The van der Waals surface area contributed by atoms with Gasteiger partial charge in [0.15, 0.2) is 0 Å². The van der Waals surface area contributed by atoms with Gasteiger partial charge in [-0.1, -0.05) is 182 Å². The highest BCUT2D eigenvalue weighted by Crippen LogP contribution is 2.57. The molecule has 60 heavy (non-hydrogen) atoms. The quantitative estimate of drug-likeness (QED) is 0.122. The second-order valence-electron chi connectivity index (χ2n) is 17.0. The predicted molar refractivity (Wildman–Crippen MR) is 257 cm³/mol. The summed E-state index contributed by atoms with van der Waals surface area (Å²) in [6, 6.07) is 74.0. The van der Waals surface area contributed by atoms with Crippen LogP contribution in [0.25, 0.3) is 153 Å². The molecule has 15 rings (SSSR count). The van der Waals surface area contributed by atoms with Crippen LogP contribution in [-0.2, 0) is 0 Å². The molecule has 0 fully saturated rings. The van der Waals surface area contributed by atoms with E-state index in [2.05, 4.69) is 194 Å². The molecule has 0 bridgehead atoms. The number of hydrogen-bond acceptors (Lipinski definition) is 0. The van der Waals surface area contributed by atoms with Crippen LogP contribution in [0.3, 0.4) is 0 Å². The van der Waals surface area contributed by atoms with Crippen LogP contribution in [0.2, 0.25) is 0 Å². The van der Waals surface area contributed by atoms with Gasteiger partial charge in [0.05, 0.1) is 0 Å². The van der Waals surface area contributed by atoms with Crippen molar-refractivity contribution in [1.29, 1.82) is 0 Å². The fraction of sp³-hybridized carbons (Fsp3) is 0. The van der Waals surface area contributed by atoms with E-state index in [1.165, 1.54) is 153 Å². The van der Waals surface area contributed by atoms with Gasteiger partial charge in [-0.25, -0.2) is 0 Å². The van der Waals surface area contributed by atoms with E-state index in [4.69, 9.17) is 0 Å². The molecule has 0 amide bonds. The third kappa shape index (κ3) is 3.74. The van der Waals surface area contributed by atoms with Crippen molar-refractivity contribution >= 4 is 86.2 Å². The first kappa shape index (κ1) is 31.2. The Morgan fingerprint density at radius 3 is 0.950 bits per heavy atom. The Labute approximate surface area is 345 Å². The third-order valence-corrected chi connectivity index (χ3v) is 14.2. The Kier molecular flexibility index (Phi) is 5.74. The van der Waals surface area contributed by atoms with Gasteiger partial charge in [0.2, 0.25) is 0 Å². The Bertz CT molecular complexity index is 3780. The molecular weight excluding hydrogens is 721 g/mol. The van der Waals surface area contributed by atoms with Gasteiger partial charge in [-0.15, -0.1) is 0 Å². The van der Waals surface area contributed by atoms with Gasteiger partial charge < -0.3 is 0 Å². The fourth-order valence-corrected chi connectivity index (χ4v) is 11.9. The van der Waals surface area contributed by atoms with E-state index in [-0.39, 0.29) is 0 Å². The molecule has 0 atom stereocenters. The summed E-state index contributed by atoms with van der Waals surface area (Å²) >= 11 is 0. The molecular formula is C60H32. The van der Waals surface area contributed by atoms with Crippen molar-refractivity contribution in [3.63, 3.8) is 0 Å². The summed E-state index contributed by atoms with van der Waals surface area (Å²) in [5.41, 5.74) is 15.8. The third-order valence-electron chi connectivity index (χ3n) is 14.2. The maximum absolute atomic E-state index is 2.50. The SMILES string of the molecule is c1ccc2c(c1)-c1cccc3c(-c4c5cc6ccccc6cc5c(-c5ccc6c7c(cccc57)-c5ccccc5-6)c5c6cccc7ccc8cccc(c45)c8c76)ccc-2c13. The van der Waals surface area contributed by atoms with E-state index >= 15 is 0 Å². The van der Waals surface area contributed by atoms with Crippen LogP contribution in [0.1, 0.15) is 0 Å². The van der Waals surface area contributed by atoms with Crippen molar-refractivity contribution in [3.05, 3.63) is 194 Å². The number of benzene rings is 13. The molecule has 13 aromatic carbocycles. The lowest BCUT2D eigenvalue weighted by atomic mass is 9.78. The van der Waals surface area contributed by atoms with Crippen molar-refractivity contribution in [3.8, 4) is 66.8 Å². The molecule has 2 aliphatic rings. The van der Waals surface area contributed by atoms with Crippen molar-refractivity contribution in [2.24, 2.45) is 0 Å². The monoisotopic (exact) mass is 752 g/mol. The van der Waals surface area contributed by atoms with E-state index in [0.717, 1.165) is 0 Å². The molecule has 2 aliphatic carbocycles. The highest BCUT2D eigenvalue weighted by molar-refractivity contribution is 6.43. The first-order valence-electron chi connectivity index (χ1n) is 21.1. The number of fused-ring (bicyclic) bond motifs is 11. The fourth-order valence-electron chi connectivity index (χ4n) is 11.9. The first-order chi connectivity index (χ1) is 29.8. The van der Waals surface area contributed by atoms with Crippen LogP contribution in [0.4, 0.5) is 0 Å². The summed E-state index contributed by atoms with van der Waals surface area (Å²) in [5.74, 6) is 0. The van der Waals surface area contributed by atoms with Crippen LogP contribution in [0, 0.1) is 0 Å². The van der Waals surface area contributed by atoms with Crippen LogP contribution in [0.5, 0.6) is 0 Å². The van der Waals surface area contributed by atoms with Crippen LogP contribution in [-0.4, -0.2) is 0 Å². The number of rotatable bonds is 2. The molecule has 272 valence electrons. The Balaban J connectivity index is 1.22. The summed E-state index contributed by atoms with van der Waals surface area (Å²) in [4.78, 5) is 0. The lowest BCUT2D eigenvalue weighted by Crippen LogP contribution is -1.96. The van der Waals surface area contributed by atoms with Crippen molar-refractivity contribution in [2.45, 2.75) is 0 Å². The van der Waals surface area contributed by atoms with Crippen LogP contribution >= 0.6 is 0 Å². The Morgan fingerprint density at radius 2 is 0.500 bits per heavy atom. The average Bonchev–Trinajstić information content (AvgIpc) is 3.82. The molecule has 0 aromatic heterocycles. The van der Waals surface area contributed by atoms with Gasteiger partial charge in [0.1, 0.15) is 0 Å². The van der Waals surface area contributed by atoms with E-state index in [1.54, 1.807) is 0 Å². The molecule has 0 saturated heterocycles. The minimum Gasteiger partial charge on any atom is -0.0616 e. The molecule has 0 unspecified atom stereocenters. The van der Waals surface area contributed by atoms with Gasteiger partial charge in [0, 0.05) is 0 Å². The minimum atomic E-state index is 1.25. The standard InChI is InChI=1S/C60H32/c1-2-12-36-32-52-51(31-35(36)11-1)57(47-29-27-45-39-17-5-3-15-37(39)41-19-9-21-43(47)55(41)45)59-49-23-7-13-33-25-26-34-14-8-24-50(54(34)53(33)49)60(59)58(52)48-30-28-46-40-18-6-4-16-38(40)42-20-10-22-44(48)56(42)46/h1-32H.